The van der Waals surface area contributed by atoms with Crippen LogP contribution in [0.5, 0.6) is 0 Å². The van der Waals surface area contributed by atoms with Crippen molar-refractivity contribution in [2.24, 2.45) is 10.9 Å². The van der Waals surface area contributed by atoms with Crippen molar-refractivity contribution < 1.29 is 28.3 Å². The Kier molecular flexibility index (Phi) is 10.8. The van der Waals surface area contributed by atoms with E-state index in [0.29, 0.717) is 42.4 Å². The Morgan fingerprint density at radius 1 is 1.02 bits per heavy atom. The Morgan fingerprint density at radius 3 is 2.47 bits per heavy atom. The number of carbonyl (C=O) groups is 3. The van der Waals surface area contributed by atoms with Gasteiger partial charge in [0, 0.05) is 24.5 Å². The van der Waals surface area contributed by atoms with Gasteiger partial charge in [0.05, 0.1) is 38.3 Å². The van der Waals surface area contributed by atoms with Gasteiger partial charge in [0.1, 0.15) is 17.1 Å². The molecular weight excluding hydrogens is 618 g/mol. The molecule has 2 atom stereocenters. The molecule has 3 fully saturated rings. The quantitative estimate of drug-likeness (QED) is 0.262. The maximum absolute atomic E-state index is 13.7. The van der Waals surface area contributed by atoms with Crippen LogP contribution >= 0.6 is 11.8 Å². The molecule has 0 spiro atoms. The Hall–Kier alpha value is -4.29. The van der Waals surface area contributed by atoms with E-state index in [-0.39, 0.29) is 18.4 Å². The number of ether oxygens (including phenoxy) is 2. The summed E-state index contributed by atoms with van der Waals surface area (Å²) in [6.45, 7) is 5.39. The van der Waals surface area contributed by atoms with E-state index in [0.717, 1.165) is 42.9 Å². The molecule has 2 saturated heterocycles. The molecule has 1 aliphatic carbocycles. The molecule has 1 saturated carbocycles. The van der Waals surface area contributed by atoms with Crippen molar-refractivity contribution in [3.63, 3.8) is 0 Å². The van der Waals surface area contributed by atoms with Crippen molar-refractivity contribution in [1.29, 1.82) is 0 Å². The van der Waals surface area contributed by atoms with Crippen LogP contribution in [0.25, 0.3) is 0 Å². The lowest BCUT2D eigenvalue weighted by Gasteiger charge is -2.28. The van der Waals surface area contributed by atoms with Gasteiger partial charge in [-0.2, -0.15) is 0 Å². The number of morpholine rings is 1. The fourth-order valence-electron chi connectivity index (χ4n) is 5.95. The predicted molar refractivity (Wildman–Crippen MR) is 182 cm³/mol. The Balaban J connectivity index is 1.08. The van der Waals surface area contributed by atoms with Crippen LogP contribution < -0.4 is 15.5 Å². The number of nitrogens with zero attached hydrogens (tertiary/aromatic N) is 3. The zero-order valence-electron chi connectivity index (χ0n) is 26.6. The third-order valence-corrected chi connectivity index (χ3v) is 9.90. The van der Waals surface area contributed by atoms with E-state index in [1.165, 1.54) is 31.0 Å². The molecule has 248 valence electrons. The van der Waals surface area contributed by atoms with Crippen molar-refractivity contribution in [3.8, 4) is 0 Å². The highest BCUT2D eigenvalue weighted by Gasteiger charge is 2.39. The molecule has 6 rings (SSSR count). The Labute approximate surface area is 279 Å². The summed E-state index contributed by atoms with van der Waals surface area (Å²) in [5.74, 6) is 0.594. The van der Waals surface area contributed by atoms with Gasteiger partial charge < -0.3 is 29.4 Å². The highest BCUT2D eigenvalue weighted by molar-refractivity contribution is 8.15. The molecule has 0 bridgehead atoms. The number of amides is 3. The maximum Gasteiger partial charge on any atom is 0.407 e. The lowest BCUT2D eigenvalue weighted by molar-refractivity contribution is -0.126. The molecule has 2 aliphatic heterocycles. The monoisotopic (exact) mass is 659 g/mol. The van der Waals surface area contributed by atoms with E-state index in [2.05, 4.69) is 15.5 Å². The topological polar surface area (TPSA) is 126 Å². The largest absolute Gasteiger partial charge is 0.467 e. The van der Waals surface area contributed by atoms with Crippen LogP contribution in [0.1, 0.15) is 55.6 Å². The number of furan rings is 1. The van der Waals surface area contributed by atoms with E-state index in [1.807, 2.05) is 42.5 Å². The normalized spacial score (nSPS) is 20.3. The maximum atomic E-state index is 13.7. The van der Waals surface area contributed by atoms with Gasteiger partial charge in [-0.05, 0) is 79.8 Å². The summed E-state index contributed by atoms with van der Waals surface area (Å²) < 4.78 is 16.4. The molecule has 3 heterocycles. The standard InChI is InChI=1S/C35H41N5O6S/c1-24(36-35(43)46-23-25-6-3-2-4-7-25)32(41)37-27-11-9-26(10-12-27)31-33(42)40(22-30-8-5-19-45-30)34(47-31)38-28-13-15-29(16-14-28)39-17-20-44-21-18-39/h5,8-16,19,24-25,31H,2-4,6-7,17-18,20-23H2,1H3,(H,36,43)(H,37,41)/t24-,31?/m0/s1. The Bertz CT molecular complexity index is 1530. The van der Waals surface area contributed by atoms with Gasteiger partial charge in [-0.25, -0.2) is 9.79 Å². The summed E-state index contributed by atoms with van der Waals surface area (Å²) in [6, 6.07) is 18.0. The van der Waals surface area contributed by atoms with E-state index >= 15 is 0 Å². The molecule has 3 amide bonds. The third kappa shape index (κ3) is 8.55. The number of nitrogens with one attached hydrogen (secondary N) is 2. The van der Waals surface area contributed by atoms with Gasteiger partial charge in [0.2, 0.25) is 11.8 Å². The highest BCUT2D eigenvalue weighted by atomic mass is 32.2. The van der Waals surface area contributed by atoms with Crippen LogP contribution in [-0.4, -0.2) is 66.9 Å². The highest BCUT2D eigenvalue weighted by Crippen LogP contribution is 2.41. The van der Waals surface area contributed by atoms with Crippen LogP contribution in [0.2, 0.25) is 0 Å². The first-order chi connectivity index (χ1) is 22.9. The van der Waals surface area contributed by atoms with Crippen LogP contribution in [-0.2, 0) is 25.6 Å². The molecule has 11 nitrogen and oxygen atoms in total. The van der Waals surface area contributed by atoms with Crippen molar-refractivity contribution in [2.75, 3.05) is 43.1 Å². The first kappa shape index (κ1) is 32.6. The summed E-state index contributed by atoms with van der Waals surface area (Å²) in [4.78, 5) is 47.6. The van der Waals surface area contributed by atoms with Crippen molar-refractivity contribution in [1.82, 2.24) is 10.2 Å². The summed E-state index contributed by atoms with van der Waals surface area (Å²) in [7, 11) is 0. The van der Waals surface area contributed by atoms with Crippen LogP contribution in [0.15, 0.2) is 76.3 Å². The van der Waals surface area contributed by atoms with E-state index in [1.54, 1.807) is 36.3 Å². The number of hydrogen-bond acceptors (Lipinski definition) is 9. The predicted octanol–water partition coefficient (Wildman–Crippen LogP) is 6.25. The SMILES string of the molecule is C[C@H](NC(=O)OCC1CCCCC1)C(=O)Nc1ccc(C2SC(=Nc3ccc(N4CCOCC4)cc3)N(Cc3ccco3)C2=O)cc1. The molecule has 1 unspecified atom stereocenters. The Morgan fingerprint density at radius 2 is 1.77 bits per heavy atom. The van der Waals surface area contributed by atoms with E-state index < -0.39 is 17.4 Å². The number of carbonyl (C=O) groups excluding carboxylic acids is 3. The molecule has 3 aliphatic rings. The average Bonchev–Trinajstić information content (AvgIpc) is 3.73. The fraction of sp³-hybridized carbons (Fsp3) is 0.429. The van der Waals surface area contributed by atoms with Gasteiger partial charge >= 0.3 is 6.09 Å². The molecule has 12 heteroatoms. The molecule has 2 aromatic carbocycles. The van der Waals surface area contributed by atoms with Crippen molar-refractivity contribution >= 4 is 51.9 Å². The molecule has 0 radical (unpaired) electrons. The van der Waals surface area contributed by atoms with Crippen molar-refractivity contribution in [2.45, 2.75) is 56.9 Å². The molecule has 47 heavy (non-hydrogen) atoms. The molecular formula is C35H41N5O6S. The minimum Gasteiger partial charge on any atom is -0.467 e. The van der Waals surface area contributed by atoms with Gasteiger partial charge in [-0.15, -0.1) is 0 Å². The lowest BCUT2D eigenvalue weighted by atomic mass is 9.90. The second kappa shape index (κ2) is 15.5. The van der Waals surface area contributed by atoms with Crippen LogP contribution in [0.3, 0.4) is 0 Å². The fourth-order valence-corrected chi connectivity index (χ4v) is 7.12. The summed E-state index contributed by atoms with van der Waals surface area (Å²) in [6.07, 6.45) is 6.72. The third-order valence-electron chi connectivity index (χ3n) is 8.67. The van der Waals surface area contributed by atoms with Crippen LogP contribution in [0, 0.1) is 5.92 Å². The first-order valence-corrected chi connectivity index (χ1v) is 17.2. The minimum absolute atomic E-state index is 0.101. The lowest BCUT2D eigenvalue weighted by Crippen LogP contribution is -2.42. The number of alkyl carbamates (subject to hydrolysis) is 1. The summed E-state index contributed by atoms with van der Waals surface area (Å²) >= 11 is 1.38. The number of amidine groups is 1. The zero-order chi connectivity index (χ0) is 32.6. The second-order valence-electron chi connectivity index (χ2n) is 12.1. The first-order valence-electron chi connectivity index (χ1n) is 16.3. The van der Waals surface area contributed by atoms with Crippen LogP contribution in [0.4, 0.5) is 21.9 Å². The average molecular weight is 660 g/mol. The van der Waals surface area contributed by atoms with Gasteiger partial charge in [-0.3, -0.25) is 14.5 Å². The molecule has 1 aromatic heterocycles. The number of hydrogen-bond donors (Lipinski definition) is 2. The minimum atomic E-state index is -0.780. The second-order valence-corrected chi connectivity index (χ2v) is 13.2. The number of benzene rings is 2. The van der Waals surface area contributed by atoms with E-state index in [4.69, 9.17) is 18.9 Å². The number of thioether (sulfide) groups is 1. The molecule has 2 N–H and O–H groups in total. The smallest absolute Gasteiger partial charge is 0.407 e. The van der Waals surface area contributed by atoms with Crippen molar-refractivity contribution in [3.05, 3.63) is 78.3 Å². The zero-order valence-corrected chi connectivity index (χ0v) is 27.4. The number of anilines is 2. The number of aliphatic imine (C=N–C) groups is 1. The number of rotatable bonds is 10. The van der Waals surface area contributed by atoms with Gasteiger partial charge in [-0.1, -0.05) is 43.2 Å². The summed E-state index contributed by atoms with van der Waals surface area (Å²) in [5.41, 5.74) is 3.21. The van der Waals surface area contributed by atoms with Gasteiger partial charge in [0.25, 0.3) is 0 Å². The summed E-state index contributed by atoms with van der Waals surface area (Å²) in [5, 5.41) is 5.52. The molecule has 3 aromatic rings. The van der Waals surface area contributed by atoms with Gasteiger partial charge in [0.15, 0.2) is 5.17 Å². The van der Waals surface area contributed by atoms with E-state index in [9.17, 15) is 14.4 Å².